The van der Waals surface area contributed by atoms with Crippen molar-refractivity contribution >= 4 is 6.21 Å². The second kappa shape index (κ2) is 5.69. The Labute approximate surface area is 106 Å². The van der Waals surface area contributed by atoms with Gasteiger partial charge in [-0.3, -0.25) is 0 Å². The Morgan fingerprint density at radius 3 is 2.83 bits per heavy atom. The van der Waals surface area contributed by atoms with E-state index in [0.717, 1.165) is 11.3 Å². The van der Waals surface area contributed by atoms with Crippen LogP contribution in [0.5, 0.6) is 0 Å². The number of aryl methyl sites for hydroxylation is 1. The molecule has 0 saturated carbocycles. The third-order valence-electron chi connectivity index (χ3n) is 2.51. The Bertz CT molecular complexity index is 579. The van der Waals surface area contributed by atoms with Gasteiger partial charge in [0.15, 0.2) is 0 Å². The molecular weight excluding hydrogens is 226 g/mol. The smallest absolute Gasteiger partial charge is 0.142 e. The first-order chi connectivity index (χ1) is 8.79. The molecule has 0 N–H and O–H groups in total. The zero-order valence-corrected chi connectivity index (χ0v) is 10.1. The topological polar surface area (TPSA) is 50.3 Å². The van der Waals surface area contributed by atoms with Gasteiger partial charge in [0, 0.05) is 13.2 Å². The van der Waals surface area contributed by atoms with Gasteiger partial charge in [-0.2, -0.15) is 5.26 Å². The molecule has 0 atom stereocenters. The summed E-state index contributed by atoms with van der Waals surface area (Å²) in [4.78, 5) is 5.19. The van der Waals surface area contributed by atoms with E-state index in [2.05, 4.69) is 11.2 Å². The quantitative estimate of drug-likeness (QED) is 0.607. The first-order valence-electron chi connectivity index (χ1n) is 5.55. The van der Waals surface area contributed by atoms with Crippen molar-refractivity contribution < 1.29 is 4.84 Å². The Morgan fingerprint density at radius 2 is 2.17 bits per heavy atom. The second-order valence-corrected chi connectivity index (χ2v) is 3.87. The van der Waals surface area contributed by atoms with E-state index >= 15 is 0 Å². The first-order valence-corrected chi connectivity index (χ1v) is 5.55. The van der Waals surface area contributed by atoms with Crippen LogP contribution in [-0.2, 0) is 18.5 Å². The van der Waals surface area contributed by atoms with E-state index in [1.807, 2.05) is 41.9 Å². The summed E-state index contributed by atoms with van der Waals surface area (Å²) >= 11 is 0. The van der Waals surface area contributed by atoms with Crippen LogP contribution in [0.3, 0.4) is 0 Å². The van der Waals surface area contributed by atoms with Gasteiger partial charge in [0.05, 0.1) is 17.5 Å². The van der Waals surface area contributed by atoms with Gasteiger partial charge in [-0.05, 0) is 11.6 Å². The maximum Gasteiger partial charge on any atom is 0.142 e. The third-order valence-corrected chi connectivity index (χ3v) is 2.51. The summed E-state index contributed by atoms with van der Waals surface area (Å²) in [5.74, 6) is 0. The van der Waals surface area contributed by atoms with Gasteiger partial charge >= 0.3 is 0 Å². The molecule has 0 unspecified atom stereocenters. The lowest BCUT2D eigenvalue weighted by molar-refractivity contribution is 0.132. The molecule has 18 heavy (non-hydrogen) atoms. The summed E-state index contributed by atoms with van der Waals surface area (Å²) in [6.07, 6.45) is 3.35. The molecule has 0 fully saturated rings. The van der Waals surface area contributed by atoms with Crippen LogP contribution in [0.2, 0.25) is 0 Å². The molecule has 0 aliphatic carbocycles. The molecular formula is C14H13N3O. The van der Waals surface area contributed by atoms with Crippen molar-refractivity contribution in [3.63, 3.8) is 0 Å². The van der Waals surface area contributed by atoms with E-state index < -0.39 is 0 Å². The maximum atomic E-state index is 8.76. The number of hydrogen-bond donors (Lipinski definition) is 0. The predicted molar refractivity (Wildman–Crippen MR) is 69.0 cm³/mol. The van der Waals surface area contributed by atoms with Crippen molar-refractivity contribution in [3.05, 3.63) is 59.4 Å². The third kappa shape index (κ3) is 2.98. The molecule has 0 aliphatic rings. The summed E-state index contributed by atoms with van der Waals surface area (Å²) in [5.41, 5.74) is 2.51. The highest BCUT2D eigenvalue weighted by molar-refractivity contribution is 5.77. The van der Waals surface area contributed by atoms with Gasteiger partial charge in [0.1, 0.15) is 12.7 Å². The van der Waals surface area contributed by atoms with E-state index in [1.54, 1.807) is 18.5 Å². The number of benzene rings is 1. The Morgan fingerprint density at radius 1 is 1.39 bits per heavy atom. The molecule has 2 rings (SSSR count). The van der Waals surface area contributed by atoms with Crippen LogP contribution in [0, 0.1) is 11.3 Å². The predicted octanol–water partition coefficient (Wildman–Crippen LogP) is 2.45. The molecule has 90 valence electrons. The summed E-state index contributed by atoms with van der Waals surface area (Å²) in [6.45, 7) is 0.437. The van der Waals surface area contributed by atoms with Crippen LogP contribution in [0.15, 0.2) is 47.8 Å². The highest BCUT2D eigenvalue weighted by atomic mass is 16.6. The van der Waals surface area contributed by atoms with Crippen LogP contribution < -0.4 is 0 Å². The highest BCUT2D eigenvalue weighted by Crippen LogP contribution is 2.04. The van der Waals surface area contributed by atoms with E-state index in [0.29, 0.717) is 12.2 Å². The molecule has 4 nitrogen and oxygen atoms in total. The van der Waals surface area contributed by atoms with Crippen LogP contribution in [-0.4, -0.2) is 10.8 Å². The van der Waals surface area contributed by atoms with Gasteiger partial charge in [-0.15, -0.1) is 0 Å². The lowest BCUT2D eigenvalue weighted by Crippen LogP contribution is -1.93. The zero-order chi connectivity index (χ0) is 12.8. The van der Waals surface area contributed by atoms with Gasteiger partial charge in [-0.25, -0.2) is 0 Å². The fourth-order valence-electron chi connectivity index (χ4n) is 1.55. The maximum absolute atomic E-state index is 8.76. The molecule has 0 amide bonds. The molecule has 1 aromatic heterocycles. The normalized spacial score (nSPS) is 10.4. The number of aromatic nitrogens is 1. The monoisotopic (exact) mass is 239 g/mol. The Hall–Kier alpha value is -2.54. The molecule has 0 bridgehead atoms. The SMILES string of the molecule is Cn1cc(C#N)cc1/C=N/OCc1ccccc1. The number of hydrogen-bond acceptors (Lipinski definition) is 3. The van der Waals surface area contributed by atoms with Gasteiger partial charge in [0.2, 0.25) is 0 Å². The van der Waals surface area contributed by atoms with E-state index in [1.165, 1.54) is 0 Å². The fourth-order valence-corrected chi connectivity index (χ4v) is 1.55. The molecule has 0 spiro atoms. The number of rotatable bonds is 4. The van der Waals surface area contributed by atoms with Crippen molar-refractivity contribution in [1.29, 1.82) is 5.26 Å². The first kappa shape index (κ1) is 11.9. The van der Waals surface area contributed by atoms with Crippen molar-refractivity contribution in [2.45, 2.75) is 6.61 Å². The van der Waals surface area contributed by atoms with Crippen molar-refractivity contribution in [3.8, 4) is 6.07 Å². The standard InChI is InChI=1S/C14H13N3O/c1-17-10-13(8-15)7-14(17)9-16-18-11-12-5-3-2-4-6-12/h2-7,9-10H,11H2,1H3/b16-9+. The van der Waals surface area contributed by atoms with Crippen LogP contribution in [0.1, 0.15) is 16.8 Å². The second-order valence-electron chi connectivity index (χ2n) is 3.87. The van der Waals surface area contributed by atoms with Crippen LogP contribution in [0.25, 0.3) is 0 Å². The zero-order valence-electron chi connectivity index (χ0n) is 10.1. The summed E-state index contributed by atoms with van der Waals surface area (Å²) < 4.78 is 1.83. The molecule has 0 radical (unpaired) electrons. The molecule has 2 aromatic rings. The fraction of sp³-hybridized carbons (Fsp3) is 0.143. The molecule has 0 saturated heterocycles. The summed E-state index contributed by atoms with van der Waals surface area (Å²) in [6, 6.07) is 13.7. The van der Waals surface area contributed by atoms with Crippen molar-refractivity contribution in [2.75, 3.05) is 0 Å². The Kier molecular flexibility index (Phi) is 3.77. The molecule has 1 heterocycles. The number of nitrogens with zero attached hydrogens (tertiary/aromatic N) is 3. The van der Waals surface area contributed by atoms with E-state index in [9.17, 15) is 0 Å². The number of nitriles is 1. The average Bonchev–Trinajstić information content (AvgIpc) is 2.77. The largest absolute Gasteiger partial charge is 0.391 e. The van der Waals surface area contributed by atoms with Crippen molar-refractivity contribution in [1.82, 2.24) is 4.57 Å². The van der Waals surface area contributed by atoms with Crippen LogP contribution in [0.4, 0.5) is 0 Å². The number of oxime groups is 1. The lowest BCUT2D eigenvalue weighted by atomic mass is 10.2. The lowest BCUT2D eigenvalue weighted by Gasteiger charge is -1.99. The molecule has 0 aliphatic heterocycles. The minimum absolute atomic E-state index is 0.437. The Balaban J connectivity index is 1.92. The van der Waals surface area contributed by atoms with E-state index in [-0.39, 0.29) is 0 Å². The van der Waals surface area contributed by atoms with Gasteiger partial charge in [-0.1, -0.05) is 35.5 Å². The van der Waals surface area contributed by atoms with Crippen LogP contribution >= 0.6 is 0 Å². The minimum Gasteiger partial charge on any atom is -0.391 e. The van der Waals surface area contributed by atoms with Gasteiger partial charge in [0.25, 0.3) is 0 Å². The molecule has 4 heteroatoms. The summed E-state index contributed by atoms with van der Waals surface area (Å²) in [7, 11) is 1.86. The summed E-state index contributed by atoms with van der Waals surface area (Å²) in [5, 5.41) is 12.6. The minimum atomic E-state index is 0.437. The molecule has 1 aromatic carbocycles. The average molecular weight is 239 g/mol. The highest BCUT2D eigenvalue weighted by Gasteiger charge is 1.99. The van der Waals surface area contributed by atoms with Gasteiger partial charge < -0.3 is 9.40 Å². The van der Waals surface area contributed by atoms with Crippen molar-refractivity contribution in [2.24, 2.45) is 12.2 Å². The van der Waals surface area contributed by atoms with E-state index in [4.69, 9.17) is 10.1 Å².